The Hall–Kier alpha value is -2.90. The molecule has 2 rings (SSSR count). The van der Waals surface area contributed by atoms with E-state index in [9.17, 15) is 19.2 Å². The van der Waals surface area contributed by atoms with Gasteiger partial charge in [-0.05, 0) is 37.5 Å². The van der Waals surface area contributed by atoms with Crippen LogP contribution in [0, 0.1) is 5.92 Å². The number of amides is 3. The summed E-state index contributed by atoms with van der Waals surface area (Å²) in [5, 5.41) is 5.77. The van der Waals surface area contributed by atoms with E-state index in [0.717, 1.165) is 19.3 Å². The van der Waals surface area contributed by atoms with Crippen LogP contribution in [0.5, 0.6) is 0 Å². The number of anilines is 1. The fraction of sp³-hybridized carbons (Fsp3) is 0.565. The second-order valence-corrected chi connectivity index (χ2v) is 7.97. The molecule has 3 atom stereocenters. The van der Waals surface area contributed by atoms with Crippen LogP contribution in [0.3, 0.4) is 0 Å². The van der Waals surface area contributed by atoms with Crippen molar-refractivity contribution >= 4 is 29.4 Å². The minimum Gasteiger partial charge on any atom is -0.469 e. The van der Waals surface area contributed by atoms with Crippen LogP contribution in [0.15, 0.2) is 24.3 Å². The van der Waals surface area contributed by atoms with Crippen LogP contribution in [-0.4, -0.2) is 49.9 Å². The zero-order valence-corrected chi connectivity index (χ0v) is 18.8. The van der Waals surface area contributed by atoms with Gasteiger partial charge in [0.25, 0.3) is 5.91 Å². The number of nitrogens with one attached hydrogen (secondary N) is 2. The molecule has 170 valence electrons. The Morgan fingerprint density at radius 2 is 1.97 bits per heavy atom. The molecule has 0 saturated heterocycles. The summed E-state index contributed by atoms with van der Waals surface area (Å²) in [6, 6.07) is 5.72. The maximum absolute atomic E-state index is 13.0. The van der Waals surface area contributed by atoms with E-state index in [1.165, 1.54) is 18.9 Å². The molecule has 31 heavy (non-hydrogen) atoms. The molecular weight excluding hydrogens is 398 g/mol. The number of hydrogen-bond acceptors (Lipinski definition) is 5. The van der Waals surface area contributed by atoms with E-state index in [4.69, 9.17) is 4.74 Å². The van der Waals surface area contributed by atoms with Crippen LogP contribution in [0.1, 0.15) is 62.7 Å². The van der Waals surface area contributed by atoms with Gasteiger partial charge in [0, 0.05) is 31.3 Å². The first-order valence-corrected chi connectivity index (χ1v) is 10.8. The number of carbonyl (C=O) groups excluding carboxylic acids is 4. The molecular formula is C23H33N3O5. The van der Waals surface area contributed by atoms with Gasteiger partial charge in [-0.25, -0.2) is 0 Å². The molecule has 2 N–H and O–H groups in total. The van der Waals surface area contributed by atoms with Crippen molar-refractivity contribution in [3.8, 4) is 0 Å². The predicted octanol–water partition coefficient (Wildman–Crippen LogP) is 2.42. The van der Waals surface area contributed by atoms with Gasteiger partial charge in [0.2, 0.25) is 11.8 Å². The zero-order valence-electron chi connectivity index (χ0n) is 18.8. The number of methoxy groups -OCH3 is 1. The average Bonchev–Trinajstić information content (AvgIpc) is 3.23. The summed E-state index contributed by atoms with van der Waals surface area (Å²) in [6.07, 6.45) is 4.38. The Morgan fingerprint density at radius 3 is 2.61 bits per heavy atom. The highest BCUT2D eigenvalue weighted by Crippen LogP contribution is 2.27. The van der Waals surface area contributed by atoms with Crippen LogP contribution in [0.2, 0.25) is 0 Å². The minimum absolute atomic E-state index is 0.144. The first-order chi connectivity index (χ1) is 14.8. The monoisotopic (exact) mass is 431 g/mol. The lowest BCUT2D eigenvalue weighted by Crippen LogP contribution is -2.51. The van der Waals surface area contributed by atoms with Crippen LogP contribution in [0.25, 0.3) is 0 Å². The molecule has 0 unspecified atom stereocenters. The predicted molar refractivity (Wildman–Crippen MR) is 118 cm³/mol. The molecule has 8 nitrogen and oxygen atoms in total. The lowest BCUT2D eigenvalue weighted by molar-refractivity contribution is -0.146. The number of unbranched alkanes of at least 4 members (excludes halogenated alkanes) is 1. The second kappa shape index (κ2) is 11.5. The van der Waals surface area contributed by atoms with Crippen molar-refractivity contribution in [3.05, 3.63) is 29.8 Å². The molecule has 1 aliphatic rings. The molecule has 0 bridgehead atoms. The summed E-state index contributed by atoms with van der Waals surface area (Å²) in [5.41, 5.74) is 0.967. The number of carbonyl (C=O) groups is 4. The topological polar surface area (TPSA) is 105 Å². The van der Waals surface area contributed by atoms with Gasteiger partial charge in [-0.1, -0.05) is 32.3 Å². The Labute approximate surface area is 183 Å². The molecule has 0 heterocycles. The number of nitrogens with zero attached hydrogens (tertiary/aromatic N) is 1. The zero-order chi connectivity index (χ0) is 23.0. The number of benzene rings is 1. The van der Waals surface area contributed by atoms with Crippen LogP contribution in [0.4, 0.5) is 5.69 Å². The molecule has 1 aromatic carbocycles. The molecule has 0 aromatic heterocycles. The summed E-state index contributed by atoms with van der Waals surface area (Å²) >= 11 is 0. The van der Waals surface area contributed by atoms with Gasteiger partial charge in [0.15, 0.2) is 0 Å². The number of esters is 1. The van der Waals surface area contributed by atoms with E-state index in [2.05, 4.69) is 10.6 Å². The van der Waals surface area contributed by atoms with Crippen LogP contribution in [-0.2, 0) is 19.1 Å². The van der Waals surface area contributed by atoms with E-state index < -0.39 is 6.04 Å². The molecule has 0 radical (unpaired) electrons. The van der Waals surface area contributed by atoms with Gasteiger partial charge in [0.05, 0.1) is 13.0 Å². The molecule has 1 aromatic rings. The third-order valence-corrected chi connectivity index (χ3v) is 5.78. The molecule has 3 amide bonds. The van der Waals surface area contributed by atoms with Crippen molar-refractivity contribution in [1.29, 1.82) is 0 Å². The van der Waals surface area contributed by atoms with Crippen molar-refractivity contribution in [2.24, 2.45) is 5.92 Å². The quantitative estimate of drug-likeness (QED) is 0.584. The Kier molecular flexibility index (Phi) is 9.03. The van der Waals surface area contributed by atoms with Gasteiger partial charge in [-0.2, -0.15) is 0 Å². The fourth-order valence-corrected chi connectivity index (χ4v) is 3.81. The van der Waals surface area contributed by atoms with Crippen molar-refractivity contribution in [3.63, 3.8) is 0 Å². The highest BCUT2D eigenvalue weighted by Gasteiger charge is 2.36. The summed E-state index contributed by atoms with van der Waals surface area (Å²) in [6.45, 7) is 3.46. The van der Waals surface area contributed by atoms with Gasteiger partial charge in [-0.3, -0.25) is 19.2 Å². The summed E-state index contributed by atoms with van der Waals surface area (Å²) < 4.78 is 4.85. The van der Waals surface area contributed by atoms with E-state index in [1.54, 1.807) is 31.3 Å². The Bertz CT molecular complexity index is 810. The highest BCUT2D eigenvalue weighted by atomic mass is 16.5. The average molecular weight is 432 g/mol. The standard InChI is InChI=1S/C23H33N3O5/c1-5-6-12-20(22(29)24-19-13-8-11-18(19)23(30)31-4)25-21(28)16-9-7-10-17(14-16)26(3)15(2)27/h7,9-10,14,18-20H,5-6,8,11-13H2,1-4H3,(H,24,29)(H,25,28)/t18-,19+,20+/m1/s1. The Morgan fingerprint density at radius 1 is 1.23 bits per heavy atom. The summed E-state index contributed by atoms with van der Waals surface area (Å²) in [5.74, 6) is -1.49. The van der Waals surface area contributed by atoms with Crippen molar-refractivity contribution in [2.45, 2.75) is 64.5 Å². The molecule has 0 spiro atoms. The third kappa shape index (κ3) is 6.54. The maximum atomic E-state index is 13.0. The van der Waals surface area contributed by atoms with E-state index in [1.807, 2.05) is 6.92 Å². The fourth-order valence-electron chi connectivity index (χ4n) is 3.81. The third-order valence-electron chi connectivity index (χ3n) is 5.78. The minimum atomic E-state index is -0.708. The van der Waals surface area contributed by atoms with Crippen LogP contribution < -0.4 is 15.5 Å². The summed E-state index contributed by atoms with van der Waals surface area (Å²) in [4.78, 5) is 50.9. The Balaban J connectivity index is 2.11. The van der Waals surface area contributed by atoms with Gasteiger partial charge >= 0.3 is 5.97 Å². The van der Waals surface area contributed by atoms with Gasteiger partial charge in [-0.15, -0.1) is 0 Å². The summed E-state index contributed by atoms with van der Waals surface area (Å²) in [7, 11) is 2.98. The van der Waals surface area contributed by atoms with Gasteiger partial charge in [0.1, 0.15) is 6.04 Å². The highest BCUT2D eigenvalue weighted by molar-refractivity contribution is 5.99. The maximum Gasteiger partial charge on any atom is 0.310 e. The lowest BCUT2D eigenvalue weighted by atomic mass is 10.0. The number of rotatable bonds is 9. The first-order valence-electron chi connectivity index (χ1n) is 10.8. The smallest absolute Gasteiger partial charge is 0.310 e. The van der Waals surface area contributed by atoms with Crippen molar-refractivity contribution < 1.29 is 23.9 Å². The molecule has 1 fully saturated rings. The number of ether oxygens (including phenoxy) is 1. The second-order valence-electron chi connectivity index (χ2n) is 7.97. The normalized spacial score (nSPS) is 18.7. The van der Waals surface area contributed by atoms with E-state index in [0.29, 0.717) is 30.5 Å². The first kappa shape index (κ1) is 24.4. The van der Waals surface area contributed by atoms with Crippen molar-refractivity contribution in [1.82, 2.24) is 10.6 Å². The van der Waals surface area contributed by atoms with Crippen LogP contribution >= 0.6 is 0 Å². The molecule has 8 heteroatoms. The van der Waals surface area contributed by atoms with Gasteiger partial charge < -0.3 is 20.3 Å². The molecule has 1 aliphatic carbocycles. The van der Waals surface area contributed by atoms with E-state index in [-0.39, 0.29) is 35.7 Å². The number of hydrogen-bond donors (Lipinski definition) is 2. The molecule has 0 aliphatic heterocycles. The van der Waals surface area contributed by atoms with Crippen molar-refractivity contribution in [2.75, 3.05) is 19.1 Å². The lowest BCUT2D eigenvalue weighted by Gasteiger charge is -2.24. The SMILES string of the molecule is CCCC[C@H](NC(=O)c1cccc(N(C)C(C)=O)c1)C(=O)N[C@H]1CCC[C@H]1C(=O)OC. The molecule has 1 saturated carbocycles. The van der Waals surface area contributed by atoms with E-state index >= 15 is 0 Å². The largest absolute Gasteiger partial charge is 0.469 e.